The number of phenols is 1. The van der Waals surface area contributed by atoms with Crippen LogP contribution in [0.2, 0.25) is 0 Å². The molecule has 0 unspecified atom stereocenters. The van der Waals surface area contributed by atoms with Crippen LogP contribution in [-0.4, -0.2) is 16.7 Å². The van der Waals surface area contributed by atoms with Gasteiger partial charge in [-0.1, -0.05) is 38.6 Å². The molecule has 1 aromatic rings. The minimum Gasteiger partial charge on any atom is -0.505 e. The Balaban J connectivity index is 2.34. The molecule has 0 heterocycles. The summed E-state index contributed by atoms with van der Waals surface area (Å²) in [6.45, 7) is 10.9. The number of hydrogen-bond donors (Lipinski definition) is 1. The molecule has 0 fully saturated rings. The maximum Gasteiger partial charge on any atom is 0.166 e. The first-order valence-corrected chi connectivity index (χ1v) is 8.67. The van der Waals surface area contributed by atoms with Crippen LogP contribution in [0.3, 0.4) is 0 Å². The SMILES string of the molecule is C=CC1=CC[C@@]2(C)C(=O)C(C)=C(C)C(=O)[C@@]2(C)[C@H]1c1ccc(O)c(F)c1. The number of hydrogen-bond acceptors (Lipinski definition) is 3. The van der Waals surface area contributed by atoms with Gasteiger partial charge in [0.2, 0.25) is 0 Å². The van der Waals surface area contributed by atoms with Gasteiger partial charge in [0.05, 0.1) is 5.41 Å². The average Bonchev–Trinajstić information content (AvgIpc) is 2.62. The highest BCUT2D eigenvalue weighted by Crippen LogP contribution is 2.62. The van der Waals surface area contributed by atoms with Gasteiger partial charge in [-0.2, -0.15) is 0 Å². The Kier molecular flexibility index (Phi) is 4.06. The van der Waals surface area contributed by atoms with Crippen molar-refractivity contribution in [2.75, 3.05) is 0 Å². The molecule has 4 heteroatoms. The molecule has 136 valence electrons. The zero-order valence-corrected chi connectivity index (χ0v) is 15.5. The number of allylic oxidation sites excluding steroid dienone is 5. The van der Waals surface area contributed by atoms with Crippen LogP contribution in [0.1, 0.15) is 45.6 Å². The summed E-state index contributed by atoms with van der Waals surface area (Å²) in [5, 5.41) is 9.55. The summed E-state index contributed by atoms with van der Waals surface area (Å²) in [4.78, 5) is 26.6. The first-order valence-electron chi connectivity index (χ1n) is 8.67. The number of aromatic hydroxyl groups is 1. The highest BCUT2D eigenvalue weighted by Gasteiger charge is 2.63. The Morgan fingerprint density at radius 3 is 2.38 bits per heavy atom. The van der Waals surface area contributed by atoms with Crippen molar-refractivity contribution < 1.29 is 19.1 Å². The van der Waals surface area contributed by atoms with Crippen LogP contribution in [0, 0.1) is 16.6 Å². The number of rotatable bonds is 2. The zero-order valence-electron chi connectivity index (χ0n) is 15.5. The molecule has 3 atom stereocenters. The molecule has 0 aromatic heterocycles. The molecule has 1 N–H and O–H groups in total. The van der Waals surface area contributed by atoms with Crippen molar-refractivity contribution in [2.24, 2.45) is 10.8 Å². The summed E-state index contributed by atoms with van der Waals surface area (Å²) in [5.41, 5.74) is 0.330. The van der Waals surface area contributed by atoms with Crippen molar-refractivity contribution >= 4 is 11.6 Å². The maximum absolute atomic E-state index is 14.1. The molecule has 0 saturated heterocycles. The molecule has 26 heavy (non-hydrogen) atoms. The second-order valence-corrected chi connectivity index (χ2v) is 7.70. The largest absolute Gasteiger partial charge is 0.505 e. The lowest BCUT2D eigenvalue weighted by Crippen LogP contribution is -2.57. The van der Waals surface area contributed by atoms with Gasteiger partial charge in [0.1, 0.15) is 0 Å². The number of ketones is 2. The van der Waals surface area contributed by atoms with Crippen molar-refractivity contribution in [3.63, 3.8) is 0 Å². The molecular weight excluding hydrogens is 331 g/mol. The molecule has 2 aliphatic carbocycles. The fourth-order valence-corrected chi connectivity index (χ4v) is 4.59. The molecule has 0 aliphatic heterocycles. The number of carbonyl (C=O) groups is 2. The predicted molar refractivity (Wildman–Crippen MR) is 98.3 cm³/mol. The van der Waals surface area contributed by atoms with Crippen LogP contribution in [0.25, 0.3) is 0 Å². The molecular formula is C22H23FO3. The van der Waals surface area contributed by atoms with Crippen LogP contribution < -0.4 is 0 Å². The lowest BCUT2D eigenvalue weighted by Gasteiger charge is -2.54. The van der Waals surface area contributed by atoms with Gasteiger partial charge in [0.25, 0.3) is 0 Å². The summed E-state index contributed by atoms with van der Waals surface area (Å²) >= 11 is 0. The maximum atomic E-state index is 14.1. The summed E-state index contributed by atoms with van der Waals surface area (Å²) in [5.74, 6) is -1.85. The molecule has 0 bridgehead atoms. The van der Waals surface area contributed by atoms with Crippen molar-refractivity contribution in [3.8, 4) is 5.75 Å². The summed E-state index contributed by atoms with van der Waals surface area (Å²) in [7, 11) is 0. The van der Waals surface area contributed by atoms with Gasteiger partial charge in [-0.05, 0) is 54.7 Å². The van der Waals surface area contributed by atoms with Gasteiger partial charge in [0.15, 0.2) is 23.1 Å². The Labute approximate surface area is 152 Å². The Morgan fingerprint density at radius 2 is 1.81 bits per heavy atom. The monoisotopic (exact) mass is 354 g/mol. The van der Waals surface area contributed by atoms with E-state index in [-0.39, 0.29) is 11.6 Å². The van der Waals surface area contributed by atoms with E-state index in [1.54, 1.807) is 32.9 Å². The van der Waals surface area contributed by atoms with Crippen LogP contribution in [0.15, 0.2) is 53.6 Å². The highest BCUT2D eigenvalue weighted by molar-refractivity contribution is 6.17. The summed E-state index contributed by atoms with van der Waals surface area (Å²) < 4.78 is 14.1. The Morgan fingerprint density at radius 1 is 1.19 bits per heavy atom. The number of fused-ring (bicyclic) bond motifs is 1. The van der Waals surface area contributed by atoms with E-state index in [2.05, 4.69) is 6.58 Å². The number of halogens is 1. The zero-order chi connectivity index (χ0) is 19.4. The van der Waals surface area contributed by atoms with Crippen molar-refractivity contribution in [1.29, 1.82) is 0 Å². The highest BCUT2D eigenvalue weighted by atomic mass is 19.1. The average molecular weight is 354 g/mol. The molecule has 0 radical (unpaired) electrons. The van der Waals surface area contributed by atoms with E-state index in [4.69, 9.17) is 0 Å². The number of phenolic OH excluding ortho intramolecular Hbond substituents is 1. The van der Waals surface area contributed by atoms with E-state index in [1.807, 2.05) is 13.0 Å². The first-order chi connectivity index (χ1) is 12.1. The third-order valence-corrected chi connectivity index (χ3v) is 6.56. The smallest absolute Gasteiger partial charge is 0.166 e. The number of Topliss-reactive ketones (excluding diaryl/α,β-unsaturated/α-hetero) is 2. The predicted octanol–water partition coefficient (Wildman–Crippen LogP) is 4.63. The molecule has 2 aliphatic rings. The van der Waals surface area contributed by atoms with Gasteiger partial charge in [0, 0.05) is 11.3 Å². The Bertz CT molecular complexity index is 908. The van der Waals surface area contributed by atoms with Crippen molar-refractivity contribution in [2.45, 2.75) is 40.0 Å². The minimum absolute atomic E-state index is 0.0410. The van der Waals surface area contributed by atoms with E-state index in [1.165, 1.54) is 12.1 Å². The Hall–Kier alpha value is -2.49. The second kappa shape index (κ2) is 5.76. The van der Waals surface area contributed by atoms with Crippen molar-refractivity contribution in [3.05, 3.63) is 65.0 Å². The van der Waals surface area contributed by atoms with Crippen LogP contribution in [0.5, 0.6) is 5.75 Å². The van der Waals surface area contributed by atoms with E-state index in [9.17, 15) is 19.1 Å². The third kappa shape index (κ3) is 2.11. The van der Waals surface area contributed by atoms with Gasteiger partial charge in [-0.3, -0.25) is 9.59 Å². The third-order valence-electron chi connectivity index (χ3n) is 6.56. The van der Waals surface area contributed by atoms with Crippen LogP contribution >= 0.6 is 0 Å². The van der Waals surface area contributed by atoms with E-state index >= 15 is 0 Å². The number of benzene rings is 1. The quantitative estimate of drug-likeness (QED) is 0.842. The van der Waals surface area contributed by atoms with E-state index < -0.39 is 28.3 Å². The molecule has 0 saturated carbocycles. The van der Waals surface area contributed by atoms with Gasteiger partial charge >= 0.3 is 0 Å². The lowest BCUT2D eigenvalue weighted by atomic mass is 9.45. The van der Waals surface area contributed by atoms with Gasteiger partial charge in [-0.25, -0.2) is 4.39 Å². The first kappa shape index (κ1) is 18.3. The lowest BCUT2D eigenvalue weighted by molar-refractivity contribution is -0.147. The number of carbonyl (C=O) groups excluding carboxylic acids is 2. The molecule has 3 nitrogen and oxygen atoms in total. The van der Waals surface area contributed by atoms with Gasteiger partial charge in [-0.15, -0.1) is 0 Å². The minimum atomic E-state index is -1.06. The standard InChI is InChI=1S/C22H23FO3/c1-6-14-9-10-21(4)19(25)12(2)13(3)20(26)22(21,5)18(14)15-7-8-17(24)16(23)11-15/h6-9,11,18,24H,1,10H2,2-5H3/t18-,21+,22-/m1/s1. The molecule has 3 rings (SSSR count). The van der Waals surface area contributed by atoms with Crippen LogP contribution in [-0.2, 0) is 9.59 Å². The van der Waals surface area contributed by atoms with E-state index in [0.717, 1.165) is 5.57 Å². The molecule has 0 spiro atoms. The molecule has 0 amide bonds. The fraction of sp³-hybridized carbons (Fsp3) is 0.364. The van der Waals surface area contributed by atoms with E-state index in [0.29, 0.717) is 23.1 Å². The summed E-state index contributed by atoms with van der Waals surface area (Å²) in [6.07, 6.45) is 4.01. The molecule has 1 aromatic carbocycles. The van der Waals surface area contributed by atoms with Gasteiger partial charge < -0.3 is 5.11 Å². The van der Waals surface area contributed by atoms with Crippen molar-refractivity contribution in [1.82, 2.24) is 0 Å². The topological polar surface area (TPSA) is 54.4 Å². The van der Waals surface area contributed by atoms with Crippen LogP contribution in [0.4, 0.5) is 4.39 Å². The fourth-order valence-electron chi connectivity index (χ4n) is 4.59. The second-order valence-electron chi connectivity index (χ2n) is 7.70. The summed E-state index contributed by atoms with van der Waals surface area (Å²) in [6, 6.07) is 4.13. The normalized spacial score (nSPS) is 31.6.